The number of sulfonamides is 1. The molecule has 0 aliphatic rings. The predicted molar refractivity (Wildman–Crippen MR) is 77.2 cm³/mol. The second-order valence-electron chi connectivity index (χ2n) is 4.13. The van der Waals surface area contributed by atoms with Crippen LogP contribution in [0.1, 0.15) is 5.56 Å². The molecule has 2 aromatic carbocycles. The fourth-order valence-corrected chi connectivity index (χ4v) is 3.43. The summed E-state index contributed by atoms with van der Waals surface area (Å²) in [7, 11) is -4.33. The van der Waals surface area contributed by atoms with Crippen LogP contribution in [-0.2, 0) is 16.6 Å². The Labute approximate surface area is 128 Å². The number of benzene rings is 2. The van der Waals surface area contributed by atoms with Crippen molar-refractivity contribution < 1.29 is 22.3 Å². The van der Waals surface area contributed by atoms with Crippen molar-refractivity contribution in [3.05, 3.63) is 58.1 Å². The van der Waals surface area contributed by atoms with Crippen molar-refractivity contribution in [2.45, 2.75) is 11.5 Å². The highest BCUT2D eigenvalue weighted by atomic mass is 79.9. The smallest absolute Gasteiger partial charge is 0.264 e. The van der Waals surface area contributed by atoms with Gasteiger partial charge in [0.2, 0.25) is 0 Å². The number of halogens is 3. The van der Waals surface area contributed by atoms with Crippen molar-refractivity contribution in [3.63, 3.8) is 0 Å². The van der Waals surface area contributed by atoms with E-state index in [4.69, 9.17) is 5.11 Å². The van der Waals surface area contributed by atoms with Gasteiger partial charge in [0.1, 0.15) is 16.5 Å². The van der Waals surface area contributed by atoms with E-state index < -0.39 is 33.2 Å². The summed E-state index contributed by atoms with van der Waals surface area (Å²) in [5.41, 5.74) is -0.0873. The number of hydrogen-bond acceptors (Lipinski definition) is 3. The Morgan fingerprint density at radius 3 is 2.48 bits per heavy atom. The van der Waals surface area contributed by atoms with Crippen LogP contribution in [0.3, 0.4) is 0 Å². The highest BCUT2D eigenvalue weighted by Crippen LogP contribution is 2.28. The van der Waals surface area contributed by atoms with Crippen molar-refractivity contribution in [1.29, 1.82) is 0 Å². The van der Waals surface area contributed by atoms with Crippen LogP contribution >= 0.6 is 15.9 Å². The van der Waals surface area contributed by atoms with Crippen molar-refractivity contribution in [1.82, 2.24) is 0 Å². The van der Waals surface area contributed by atoms with Gasteiger partial charge in [-0.25, -0.2) is 17.2 Å². The Morgan fingerprint density at radius 1 is 1.14 bits per heavy atom. The molecule has 0 saturated carbocycles. The van der Waals surface area contributed by atoms with Gasteiger partial charge >= 0.3 is 0 Å². The van der Waals surface area contributed by atoms with Gasteiger partial charge in [0.05, 0.1) is 12.3 Å². The molecule has 0 saturated heterocycles. The van der Waals surface area contributed by atoms with Gasteiger partial charge in [0.15, 0.2) is 0 Å². The molecule has 0 spiro atoms. The second kappa shape index (κ2) is 6.08. The van der Waals surface area contributed by atoms with E-state index in [1.807, 2.05) is 4.72 Å². The summed E-state index contributed by atoms with van der Waals surface area (Å²) < 4.78 is 53.9. The standard InChI is InChI=1S/C13H10BrF2NO3S/c14-9-2-1-3-11(16)13(9)17-21(19,20)12-6-8(7-18)4-5-10(12)15/h1-6,17-18H,7H2. The molecule has 0 heterocycles. The average Bonchev–Trinajstić information content (AvgIpc) is 2.43. The van der Waals surface area contributed by atoms with Gasteiger partial charge in [-0.2, -0.15) is 0 Å². The molecule has 2 aromatic rings. The van der Waals surface area contributed by atoms with Gasteiger partial charge in [0, 0.05) is 4.47 Å². The molecule has 0 amide bonds. The summed E-state index contributed by atoms with van der Waals surface area (Å²) >= 11 is 3.02. The molecule has 0 aromatic heterocycles. The number of anilines is 1. The van der Waals surface area contributed by atoms with Gasteiger partial charge < -0.3 is 5.11 Å². The lowest BCUT2D eigenvalue weighted by molar-refractivity contribution is 0.281. The Balaban J connectivity index is 2.48. The molecule has 0 atom stereocenters. The Hall–Kier alpha value is -1.51. The summed E-state index contributed by atoms with van der Waals surface area (Å²) in [6.07, 6.45) is 0. The third kappa shape index (κ3) is 3.39. The first-order chi connectivity index (χ1) is 9.85. The molecule has 0 bridgehead atoms. The predicted octanol–water partition coefficient (Wildman–Crippen LogP) is 3.02. The third-order valence-corrected chi connectivity index (χ3v) is 4.69. The summed E-state index contributed by atoms with van der Waals surface area (Å²) in [4.78, 5) is -0.663. The van der Waals surface area contributed by atoms with Gasteiger partial charge in [-0.3, -0.25) is 4.72 Å². The van der Waals surface area contributed by atoms with Gasteiger partial charge in [-0.1, -0.05) is 12.1 Å². The minimum Gasteiger partial charge on any atom is -0.392 e. The average molecular weight is 378 g/mol. The first kappa shape index (κ1) is 15.9. The maximum Gasteiger partial charge on any atom is 0.264 e. The summed E-state index contributed by atoms with van der Waals surface area (Å²) in [6, 6.07) is 7.09. The summed E-state index contributed by atoms with van der Waals surface area (Å²) in [5, 5.41) is 8.99. The van der Waals surface area contributed by atoms with Crippen LogP contribution in [0.2, 0.25) is 0 Å². The maximum atomic E-state index is 13.7. The van der Waals surface area contributed by atoms with E-state index in [0.717, 1.165) is 18.2 Å². The van der Waals surface area contributed by atoms with E-state index >= 15 is 0 Å². The molecule has 8 heteroatoms. The lowest BCUT2D eigenvalue weighted by Gasteiger charge is -2.12. The van der Waals surface area contributed by atoms with Crippen LogP contribution < -0.4 is 4.72 Å². The number of aliphatic hydroxyl groups excluding tert-OH is 1. The summed E-state index contributed by atoms with van der Waals surface area (Å²) in [6.45, 7) is -0.438. The molecule has 21 heavy (non-hydrogen) atoms. The SMILES string of the molecule is O=S(=O)(Nc1c(F)cccc1Br)c1cc(CO)ccc1F. The number of nitrogens with one attached hydrogen (secondary N) is 1. The van der Waals surface area contributed by atoms with Crippen LogP contribution in [0.15, 0.2) is 45.8 Å². The van der Waals surface area contributed by atoms with Gasteiger partial charge in [-0.05, 0) is 45.8 Å². The fourth-order valence-electron chi connectivity index (χ4n) is 1.64. The molecule has 0 fully saturated rings. The molecular formula is C13H10BrF2NO3S. The summed E-state index contributed by atoms with van der Waals surface area (Å²) in [5.74, 6) is -1.79. The van der Waals surface area contributed by atoms with E-state index in [1.54, 1.807) is 0 Å². The zero-order valence-corrected chi connectivity index (χ0v) is 12.9. The van der Waals surface area contributed by atoms with E-state index in [-0.39, 0.29) is 15.7 Å². The van der Waals surface area contributed by atoms with Crippen molar-refractivity contribution in [2.24, 2.45) is 0 Å². The first-order valence-electron chi connectivity index (χ1n) is 5.71. The van der Waals surface area contributed by atoms with Crippen LogP contribution in [-0.4, -0.2) is 13.5 Å². The lowest BCUT2D eigenvalue weighted by atomic mass is 10.2. The van der Waals surface area contributed by atoms with E-state index in [9.17, 15) is 17.2 Å². The molecule has 0 unspecified atom stereocenters. The van der Waals surface area contributed by atoms with E-state index in [0.29, 0.717) is 0 Å². The minimum absolute atomic E-state index is 0.185. The normalized spacial score (nSPS) is 11.4. The van der Waals surface area contributed by atoms with Crippen molar-refractivity contribution in [2.75, 3.05) is 4.72 Å². The van der Waals surface area contributed by atoms with Crippen LogP contribution in [0.25, 0.3) is 0 Å². The fraction of sp³-hybridized carbons (Fsp3) is 0.0769. The molecule has 0 radical (unpaired) electrons. The Bertz CT molecular complexity index is 761. The van der Waals surface area contributed by atoms with Crippen LogP contribution in [0.5, 0.6) is 0 Å². The molecule has 0 aliphatic carbocycles. The van der Waals surface area contributed by atoms with Crippen molar-refractivity contribution in [3.8, 4) is 0 Å². The maximum absolute atomic E-state index is 13.7. The molecule has 2 N–H and O–H groups in total. The van der Waals surface area contributed by atoms with Crippen LogP contribution in [0, 0.1) is 11.6 Å². The number of rotatable bonds is 4. The molecule has 4 nitrogen and oxygen atoms in total. The topological polar surface area (TPSA) is 66.4 Å². The molecule has 2 rings (SSSR count). The zero-order chi connectivity index (χ0) is 15.6. The van der Waals surface area contributed by atoms with Gasteiger partial charge in [0.25, 0.3) is 10.0 Å². The second-order valence-corrected chi connectivity index (χ2v) is 6.63. The molecule has 112 valence electrons. The van der Waals surface area contributed by atoms with E-state index in [2.05, 4.69) is 15.9 Å². The zero-order valence-electron chi connectivity index (χ0n) is 10.5. The largest absolute Gasteiger partial charge is 0.392 e. The minimum atomic E-state index is -4.33. The lowest BCUT2D eigenvalue weighted by Crippen LogP contribution is -2.16. The highest BCUT2D eigenvalue weighted by molar-refractivity contribution is 9.10. The van der Waals surface area contributed by atoms with Crippen LogP contribution in [0.4, 0.5) is 14.5 Å². The number of hydrogen-bond donors (Lipinski definition) is 2. The third-order valence-electron chi connectivity index (χ3n) is 2.67. The van der Waals surface area contributed by atoms with E-state index in [1.165, 1.54) is 18.2 Å². The Kier molecular flexibility index (Phi) is 4.60. The number of para-hydroxylation sites is 1. The van der Waals surface area contributed by atoms with Crippen molar-refractivity contribution >= 4 is 31.6 Å². The Morgan fingerprint density at radius 2 is 1.86 bits per heavy atom. The first-order valence-corrected chi connectivity index (χ1v) is 7.99. The molecule has 0 aliphatic heterocycles. The monoisotopic (exact) mass is 377 g/mol. The number of aliphatic hydroxyl groups is 1. The quantitative estimate of drug-likeness (QED) is 0.860. The molecular weight excluding hydrogens is 368 g/mol. The van der Waals surface area contributed by atoms with Gasteiger partial charge in [-0.15, -0.1) is 0 Å². The highest BCUT2D eigenvalue weighted by Gasteiger charge is 2.22.